The normalized spacial score (nSPS) is 14.4. The summed E-state index contributed by atoms with van der Waals surface area (Å²) in [5.41, 5.74) is 0.952. The number of carbonyl (C=O) groups excluding carboxylic acids is 1. The van der Waals surface area contributed by atoms with Crippen molar-refractivity contribution >= 4 is 6.29 Å². The van der Waals surface area contributed by atoms with Crippen molar-refractivity contribution in [3.63, 3.8) is 0 Å². The number of allylic oxidation sites excluding steroid dienone is 1. The number of hydrogen-bond donors (Lipinski definition) is 1. The minimum atomic E-state index is -0.277. The molecule has 0 rings (SSSR count). The number of aldehydes is 1. The largest absolute Gasteiger partial charge is 0.393 e. The minimum absolute atomic E-state index is 0.277. The molecule has 0 aromatic rings. The fourth-order valence-corrected chi connectivity index (χ4v) is 1.10. The topological polar surface area (TPSA) is 37.3 Å². The standard InChI is InChI=1S/C10H18O2/c1-3-4-5-10(12)8-9(2)6-7-11/h6-7,10,12H,3-5,8H2,1-2H3/b9-6+. The summed E-state index contributed by atoms with van der Waals surface area (Å²) in [6.07, 6.45) is 5.61. The summed E-state index contributed by atoms with van der Waals surface area (Å²) in [6, 6.07) is 0. The fraction of sp³-hybridized carbons (Fsp3) is 0.700. The van der Waals surface area contributed by atoms with Crippen LogP contribution in [0.25, 0.3) is 0 Å². The summed E-state index contributed by atoms with van der Waals surface area (Å²) < 4.78 is 0. The van der Waals surface area contributed by atoms with Gasteiger partial charge in [0, 0.05) is 0 Å². The van der Waals surface area contributed by atoms with Crippen LogP contribution in [0.5, 0.6) is 0 Å². The average molecular weight is 170 g/mol. The smallest absolute Gasteiger partial charge is 0.142 e. The van der Waals surface area contributed by atoms with Gasteiger partial charge >= 0.3 is 0 Å². The van der Waals surface area contributed by atoms with Gasteiger partial charge in [-0.2, -0.15) is 0 Å². The second-order valence-electron chi connectivity index (χ2n) is 3.15. The van der Waals surface area contributed by atoms with Gasteiger partial charge in [0.25, 0.3) is 0 Å². The van der Waals surface area contributed by atoms with Crippen molar-refractivity contribution in [2.24, 2.45) is 0 Å². The second kappa shape index (κ2) is 7.04. The summed E-state index contributed by atoms with van der Waals surface area (Å²) in [5.74, 6) is 0. The molecule has 0 aliphatic rings. The molecule has 0 aliphatic carbocycles. The van der Waals surface area contributed by atoms with Crippen LogP contribution in [0.15, 0.2) is 11.6 Å². The Kier molecular flexibility index (Phi) is 6.67. The summed E-state index contributed by atoms with van der Waals surface area (Å²) >= 11 is 0. The van der Waals surface area contributed by atoms with E-state index in [1.165, 1.54) is 6.08 Å². The van der Waals surface area contributed by atoms with E-state index >= 15 is 0 Å². The monoisotopic (exact) mass is 170 g/mol. The molecule has 2 heteroatoms. The number of aliphatic hydroxyl groups excluding tert-OH is 1. The van der Waals surface area contributed by atoms with Gasteiger partial charge < -0.3 is 5.11 Å². The zero-order valence-corrected chi connectivity index (χ0v) is 7.92. The Bertz CT molecular complexity index is 150. The van der Waals surface area contributed by atoms with Crippen LogP contribution in [0.2, 0.25) is 0 Å². The van der Waals surface area contributed by atoms with E-state index in [1.54, 1.807) is 0 Å². The summed E-state index contributed by atoms with van der Waals surface area (Å²) in [6.45, 7) is 3.96. The van der Waals surface area contributed by atoms with Crippen molar-refractivity contribution in [3.8, 4) is 0 Å². The molecule has 12 heavy (non-hydrogen) atoms. The summed E-state index contributed by atoms with van der Waals surface area (Å²) in [4.78, 5) is 10.1. The minimum Gasteiger partial charge on any atom is -0.393 e. The van der Waals surface area contributed by atoms with Crippen molar-refractivity contribution in [1.82, 2.24) is 0 Å². The van der Waals surface area contributed by atoms with E-state index < -0.39 is 0 Å². The summed E-state index contributed by atoms with van der Waals surface area (Å²) in [7, 11) is 0. The molecule has 0 heterocycles. The maximum Gasteiger partial charge on any atom is 0.142 e. The van der Waals surface area contributed by atoms with Gasteiger partial charge in [-0.3, -0.25) is 4.79 Å². The fourth-order valence-electron chi connectivity index (χ4n) is 1.10. The third-order valence-corrected chi connectivity index (χ3v) is 1.80. The molecule has 0 fully saturated rings. The first-order chi connectivity index (χ1) is 5.70. The summed E-state index contributed by atoms with van der Waals surface area (Å²) in [5, 5.41) is 9.42. The van der Waals surface area contributed by atoms with Crippen LogP contribution in [0, 0.1) is 0 Å². The van der Waals surface area contributed by atoms with Gasteiger partial charge in [0.1, 0.15) is 6.29 Å². The van der Waals surface area contributed by atoms with Gasteiger partial charge in [0.2, 0.25) is 0 Å². The van der Waals surface area contributed by atoms with Crippen LogP contribution in [-0.2, 0) is 4.79 Å². The Morgan fingerprint density at radius 3 is 2.75 bits per heavy atom. The van der Waals surface area contributed by atoms with E-state index in [-0.39, 0.29) is 6.10 Å². The first-order valence-electron chi connectivity index (χ1n) is 4.49. The van der Waals surface area contributed by atoms with E-state index in [0.29, 0.717) is 6.42 Å². The van der Waals surface area contributed by atoms with E-state index in [0.717, 1.165) is 31.1 Å². The first kappa shape index (κ1) is 11.4. The quantitative estimate of drug-likeness (QED) is 0.489. The van der Waals surface area contributed by atoms with Crippen LogP contribution in [0.1, 0.15) is 39.5 Å². The Balaban J connectivity index is 3.60. The van der Waals surface area contributed by atoms with E-state index in [2.05, 4.69) is 6.92 Å². The highest BCUT2D eigenvalue weighted by Gasteiger charge is 2.03. The lowest BCUT2D eigenvalue weighted by molar-refractivity contribution is -0.104. The number of carbonyl (C=O) groups is 1. The van der Waals surface area contributed by atoms with Crippen LogP contribution >= 0.6 is 0 Å². The number of rotatable bonds is 6. The second-order valence-corrected chi connectivity index (χ2v) is 3.15. The Hall–Kier alpha value is -0.630. The van der Waals surface area contributed by atoms with Crippen LogP contribution in [0.3, 0.4) is 0 Å². The molecule has 0 bridgehead atoms. The molecule has 0 aromatic heterocycles. The molecule has 0 aromatic carbocycles. The van der Waals surface area contributed by atoms with Gasteiger partial charge in [-0.05, 0) is 25.8 Å². The maximum atomic E-state index is 10.1. The predicted molar refractivity (Wildman–Crippen MR) is 50.0 cm³/mol. The molecular weight excluding hydrogens is 152 g/mol. The van der Waals surface area contributed by atoms with E-state index in [1.807, 2.05) is 6.92 Å². The molecular formula is C10H18O2. The number of aliphatic hydroxyl groups is 1. The molecule has 0 spiro atoms. The third kappa shape index (κ3) is 6.10. The lowest BCUT2D eigenvalue weighted by atomic mass is 10.0. The van der Waals surface area contributed by atoms with Crippen molar-refractivity contribution in [2.45, 2.75) is 45.6 Å². The van der Waals surface area contributed by atoms with E-state index in [9.17, 15) is 9.90 Å². The molecule has 0 radical (unpaired) electrons. The molecule has 1 N–H and O–H groups in total. The molecule has 0 aliphatic heterocycles. The Labute approximate surface area is 74.3 Å². The Morgan fingerprint density at radius 2 is 2.25 bits per heavy atom. The molecule has 70 valence electrons. The predicted octanol–water partition coefficient (Wildman–Crippen LogP) is 2.07. The SMILES string of the molecule is CCCCC(O)C/C(C)=C/C=O. The van der Waals surface area contributed by atoms with Gasteiger partial charge in [-0.25, -0.2) is 0 Å². The zero-order chi connectivity index (χ0) is 9.40. The van der Waals surface area contributed by atoms with E-state index in [4.69, 9.17) is 0 Å². The molecule has 1 unspecified atom stereocenters. The highest BCUT2D eigenvalue weighted by Crippen LogP contribution is 2.09. The molecule has 0 amide bonds. The average Bonchev–Trinajstić information content (AvgIpc) is 2.01. The van der Waals surface area contributed by atoms with Crippen molar-refractivity contribution in [2.75, 3.05) is 0 Å². The molecule has 0 saturated heterocycles. The van der Waals surface area contributed by atoms with Crippen molar-refractivity contribution < 1.29 is 9.90 Å². The number of unbranched alkanes of at least 4 members (excludes halogenated alkanes) is 1. The lowest BCUT2D eigenvalue weighted by Gasteiger charge is -2.08. The van der Waals surface area contributed by atoms with Crippen molar-refractivity contribution in [3.05, 3.63) is 11.6 Å². The Morgan fingerprint density at radius 1 is 1.58 bits per heavy atom. The highest BCUT2D eigenvalue weighted by atomic mass is 16.3. The number of hydrogen-bond acceptors (Lipinski definition) is 2. The molecule has 1 atom stereocenters. The highest BCUT2D eigenvalue weighted by molar-refractivity contribution is 5.65. The van der Waals surface area contributed by atoms with Gasteiger partial charge in [0.05, 0.1) is 6.10 Å². The van der Waals surface area contributed by atoms with Crippen molar-refractivity contribution in [1.29, 1.82) is 0 Å². The van der Waals surface area contributed by atoms with Crippen LogP contribution in [0.4, 0.5) is 0 Å². The van der Waals surface area contributed by atoms with Gasteiger partial charge in [-0.15, -0.1) is 0 Å². The lowest BCUT2D eigenvalue weighted by Crippen LogP contribution is -2.06. The maximum absolute atomic E-state index is 10.1. The zero-order valence-electron chi connectivity index (χ0n) is 7.92. The third-order valence-electron chi connectivity index (χ3n) is 1.80. The van der Waals surface area contributed by atoms with Crippen LogP contribution < -0.4 is 0 Å². The molecule has 0 saturated carbocycles. The van der Waals surface area contributed by atoms with Gasteiger partial charge in [0.15, 0.2) is 0 Å². The van der Waals surface area contributed by atoms with Crippen LogP contribution in [-0.4, -0.2) is 17.5 Å². The van der Waals surface area contributed by atoms with Gasteiger partial charge in [-0.1, -0.05) is 25.3 Å². The first-order valence-corrected chi connectivity index (χ1v) is 4.49. The molecule has 2 nitrogen and oxygen atoms in total.